The molecule has 0 aliphatic rings. The van der Waals surface area contributed by atoms with Crippen molar-refractivity contribution in [1.29, 1.82) is 0 Å². The van der Waals surface area contributed by atoms with Crippen molar-refractivity contribution in [3.05, 3.63) is 34.4 Å². The molecule has 0 fully saturated rings. The molecule has 1 nitrogen and oxygen atoms in total. The van der Waals surface area contributed by atoms with Gasteiger partial charge in [0.1, 0.15) is 0 Å². The molecule has 0 atom stereocenters. The number of H-pyrrole nitrogens is 1. The molecule has 0 aliphatic carbocycles. The zero-order valence-corrected chi connectivity index (χ0v) is 11.7. The molecule has 2 aromatic rings. The van der Waals surface area contributed by atoms with E-state index in [2.05, 4.69) is 66.1 Å². The van der Waals surface area contributed by atoms with E-state index in [1.54, 1.807) is 0 Å². The van der Waals surface area contributed by atoms with Gasteiger partial charge in [0.25, 0.3) is 0 Å². The third kappa shape index (κ3) is 2.49. The van der Waals surface area contributed by atoms with E-state index in [9.17, 15) is 0 Å². The summed E-state index contributed by atoms with van der Waals surface area (Å²) in [5.74, 6) is 0. The van der Waals surface area contributed by atoms with Crippen LogP contribution in [0.5, 0.6) is 0 Å². The van der Waals surface area contributed by atoms with Crippen LogP contribution in [0.15, 0.2) is 28.9 Å². The van der Waals surface area contributed by atoms with Gasteiger partial charge in [0.05, 0.1) is 5.52 Å². The van der Waals surface area contributed by atoms with E-state index in [0.717, 1.165) is 10.9 Å². The molecule has 0 amide bonds. The number of benzene rings is 1. The molecule has 0 saturated carbocycles. The number of hydrogen-bond donors (Lipinski definition) is 1. The van der Waals surface area contributed by atoms with Gasteiger partial charge in [-0.3, -0.25) is 0 Å². The van der Waals surface area contributed by atoms with Crippen molar-refractivity contribution < 1.29 is 0 Å². The molecule has 1 N–H and O–H groups in total. The number of halogens is 1. The third-order valence-corrected chi connectivity index (χ3v) is 3.56. The van der Waals surface area contributed by atoms with Crippen molar-refractivity contribution >= 4 is 26.8 Å². The lowest BCUT2D eigenvalue weighted by molar-refractivity contribution is 0.379. The van der Waals surface area contributed by atoms with Crippen LogP contribution in [0.2, 0.25) is 0 Å². The lowest BCUT2D eigenvalue weighted by atomic mass is 9.89. The van der Waals surface area contributed by atoms with Gasteiger partial charge in [-0.25, -0.2) is 0 Å². The van der Waals surface area contributed by atoms with Crippen molar-refractivity contribution in [3.8, 4) is 0 Å². The third-order valence-electron chi connectivity index (χ3n) is 2.89. The minimum Gasteiger partial charge on any atom is -0.360 e. The van der Waals surface area contributed by atoms with Crippen LogP contribution < -0.4 is 0 Å². The summed E-state index contributed by atoms with van der Waals surface area (Å²) in [6.07, 6.45) is 4.49. The van der Waals surface area contributed by atoms with Crippen molar-refractivity contribution in [3.63, 3.8) is 0 Å². The van der Waals surface area contributed by atoms with Gasteiger partial charge in [0.2, 0.25) is 0 Å². The zero-order chi connectivity index (χ0) is 11.8. The number of para-hydroxylation sites is 1. The maximum absolute atomic E-state index is 3.57. The molecule has 0 radical (unpaired) electrons. The summed E-state index contributed by atoms with van der Waals surface area (Å²) in [5, 5.41) is 1.35. The summed E-state index contributed by atoms with van der Waals surface area (Å²) < 4.78 is 1.15. The molecule has 16 heavy (non-hydrogen) atoms. The van der Waals surface area contributed by atoms with E-state index < -0.39 is 0 Å². The number of rotatable bonds is 2. The van der Waals surface area contributed by atoms with E-state index in [1.807, 2.05) is 0 Å². The highest BCUT2D eigenvalue weighted by molar-refractivity contribution is 9.10. The quantitative estimate of drug-likeness (QED) is 0.804. The molecule has 0 saturated heterocycles. The summed E-state index contributed by atoms with van der Waals surface area (Å²) in [6.45, 7) is 6.87. The second kappa shape index (κ2) is 4.25. The summed E-state index contributed by atoms with van der Waals surface area (Å²) in [5.41, 5.74) is 3.04. The normalized spacial score (nSPS) is 12.2. The Morgan fingerprint density at radius 1 is 1.25 bits per heavy atom. The van der Waals surface area contributed by atoms with Gasteiger partial charge in [-0.2, -0.15) is 0 Å². The molecule has 1 aromatic heterocycles. The molecule has 0 aliphatic heterocycles. The van der Waals surface area contributed by atoms with Gasteiger partial charge in [-0.15, -0.1) is 0 Å². The van der Waals surface area contributed by atoms with Crippen LogP contribution in [-0.2, 0) is 6.42 Å². The van der Waals surface area contributed by atoms with Crippen LogP contribution in [0.1, 0.15) is 32.8 Å². The lowest BCUT2D eigenvalue weighted by Crippen LogP contribution is -2.05. The van der Waals surface area contributed by atoms with Gasteiger partial charge in [-0.1, -0.05) is 32.9 Å². The minimum atomic E-state index is 0.398. The number of aromatic nitrogens is 1. The first kappa shape index (κ1) is 11.7. The molecular formula is C14H18BrN. The Kier molecular flexibility index (Phi) is 3.11. The van der Waals surface area contributed by atoms with E-state index in [-0.39, 0.29) is 0 Å². The first-order valence-corrected chi connectivity index (χ1v) is 6.51. The number of aryl methyl sites for hydroxylation is 1. The molecule has 0 bridgehead atoms. The Morgan fingerprint density at radius 3 is 2.69 bits per heavy atom. The van der Waals surface area contributed by atoms with E-state index in [4.69, 9.17) is 0 Å². The monoisotopic (exact) mass is 279 g/mol. The first-order chi connectivity index (χ1) is 7.47. The fraction of sp³-hybridized carbons (Fsp3) is 0.429. The summed E-state index contributed by atoms with van der Waals surface area (Å²) in [6, 6.07) is 6.36. The number of nitrogens with one attached hydrogen (secondary N) is 1. The van der Waals surface area contributed by atoms with E-state index >= 15 is 0 Å². The number of fused-ring (bicyclic) bond motifs is 1. The van der Waals surface area contributed by atoms with Gasteiger partial charge < -0.3 is 4.98 Å². The van der Waals surface area contributed by atoms with Crippen molar-refractivity contribution in [2.24, 2.45) is 5.41 Å². The second-order valence-corrected chi connectivity index (χ2v) is 6.39. The van der Waals surface area contributed by atoms with E-state index in [1.165, 1.54) is 22.9 Å². The molecular weight excluding hydrogens is 262 g/mol. The molecule has 86 valence electrons. The van der Waals surface area contributed by atoms with Crippen LogP contribution in [0.4, 0.5) is 0 Å². The van der Waals surface area contributed by atoms with Gasteiger partial charge in [-0.05, 0) is 45.8 Å². The Balaban J connectivity index is 2.29. The van der Waals surface area contributed by atoms with E-state index in [0.29, 0.717) is 5.41 Å². The Hall–Kier alpha value is -0.760. The highest BCUT2D eigenvalue weighted by Crippen LogP contribution is 2.28. The molecule has 0 unspecified atom stereocenters. The average Bonchev–Trinajstić information content (AvgIpc) is 2.58. The van der Waals surface area contributed by atoms with Gasteiger partial charge >= 0.3 is 0 Å². The maximum atomic E-state index is 3.57. The highest BCUT2D eigenvalue weighted by Gasteiger charge is 2.12. The Bertz CT molecular complexity index is 491. The first-order valence-electron chi connectivity index (χ1n) is 5.72. The predicted molar refractivity (Wildman–Crippen MR) is 73.8 cm³/mol. The molecule has 1 aromatic carbocycles. The lowest BCUT2D eigenvalue weighted by Gasteiger charge is -2.17. The largest absolute Gasteiger partial charge is 0.360 e. The summed E-state index contributed by atoms with van der Waals surface area (Å²) >= 11 is 3.57. The fourth-order valence-corrected chi connectivity index (χ4v) is 2.37. The minimum absolute atomic E-state index is 0.398. The fourth-order valence-electron chi connectivity index (χ4n) is 1.89. The smallest absolute Gasteiger partial charge is 0.0601 e. The maximum Gasteiger partial charge on any atom is 0.0601 e. The van der Waals surface area contributed by atoms with Gasteiger partial charge in [0, 0.05) is 16.1 Å². The molecule has 2 rings (SSSR count). The molecule has 0 spiro atoms. The topological polar surface area (TPSA) is 15.8 Å². The standard InChI is InChI=1S/C14H18BrN/c1-14(2,3)8-7-10-9-16-13-11(10)5-4-6-12(13)15/h4-6,9,16H,7-8H2,1-3H3. The zero-order valence-electron chi connectivity index (χ0n) is 10.1. The highest BCUT2D eigenvalue weighted by atomic mass is 79.9. The van der Waals surface area contributed by atoms with Crippen molar-refractivity contribution in [2.45, 2.75) is 33.6 Å². The van der Waals surface area contributed by atoms with Crippen LogP contribution in [0.25, 0.3) is 10.9 Å². The SMILES string of the molecule is CC(C)(C)CCc1c[nH]c2c(Br)cccc12. The Labute approximate surface area is 105 Å². The average molecular weight is 280 g/mol. The van der Waals surface area contributed by atoms with Gasteiger partial charge in [0.15, 0.2) is 0 Å². The predicted octanol–water partition coefficient (Wildman–Crippen LogP) is 4.91. The molecule has 2 heteroatoms. The van der Waals surface area contributed by atoms with Crippen LogP contribution in [-0.4, -0.2) is 4.98 Å². The molecule has 1 heterocycles. The van der Waals surface area contributed by atoms with Crippen LogP contribution in [0.3, 0.4) is 0 Å². The number of hydrogen-bond acceptors (Lipinski definition) is 0. The summed E-state index contributed by atoms with van der Waals surface area (Å²) in [7, 11) is 0. The van der Waals surface area contributed by atoms with Crippen LogP contribution in [0, 0.1) is 5.41 Å². The summed E-state index contributed by atoms with van der Waals surface area (Å²) in [4.78, 5) is 3.35. The second-order valence-electron chi connectivity index (χ2n) is 5.54. The van der Waals surface area contributed by atoms with Crippen LogP contribution >= 0.6 is 15.9 Å². The number of aromatic amines is 1. The van der Waals surface area contributed by atoms with Crippen molar-refractivity contribution in [2.75, 3.05) is 0 Å². The Morgan fingerprint density at radius 2 is 2.00 bits per heavy atom. The van der Waals surface area contributed by atoms with Crippen molar-refractivity contribution in [1.82, 2.24) is 4.98 Å².